The van der Waals surface area contributed by atoms with Crippen LogP contribution in [0.4, 0.5) is 0 Å². The molecule has 0 atom stereocenters. The van der Waals surface area contributed by atoms with Crippen LogP contribution in [0.15, 0.2) is 0 Å². The van der Waals surface area contributed by atoms with Gasteiger partial charge in [0.05, 0.1) is 0 Å². The Morgan fingerprint density at radius 3 is 2.00 bits per heavy atom. The van der Waals surface area contributed by atoms with E-state index in [1.54, 1.807) is 0 Å². The molecule has 0 radical (unpaired) electrons. The highest BCUT2D eigenvalue weighted by molar-refractivity contribution is 9.10. The summed E-state index contributed by atoms with van der Waals surface area (Å²) in [6, 6.07) is 0. The summed E-state index contributed by atoms with van der Waals surface area (Å²) >= 11 is 3.46. The minimum atomic E-state index is 0. The largest absolute Gasteiger partial charge is 0.329 e. The van der Waals surface area contributed by atoms with E-state index in [1.165, 1.54) is 12.8 Å². The maximum Gasteiger partial charge on any atom is 0.0381 e. The molecule has 0 heterocycles. The second-order valence-corrected chi connectivity index (χ2v) is 3.54. The van der Waals surface area contributed by atoms with E-state index >= 15 is 0 Å². The Kier molecular flexibility index (Phi) is 2.58. The molecule has 1 aliphatic carbocycles. The van der Waals surface area contributed by atoms with Gasteiger partial charge < -0.3 is 5.73 Å². The summed E-state index contributed by atoms with van der Waals surface area (Å²) in [6.45, 7) is 0.799. The van der Waals surface area contributed by atoms with Gasteiger partial charge in [0.15, 0.2) is 0 Å². The van der Waals surface area contributed by atoms with Crippen molar-refractivity contribution in [3.63, 3.8) is 0 Å². The molecule has 0 aromatic carbocycles. The van der Waals surface area contributed by atoms with E-state index in [-0.39, 0.29) is 12.4 Å². The van der Waals surface area contributed by atoms with Crippen LogP contribution < -0.4 is 5.73 Å². The van der Waals surface area contributed by atoms with Crippen molar-refractivity contribution >= 4 is 28.3 Å². The molecule has 3 heteroatoms. The number of alkyl halides is 1. The predicted octanol–water partition coefficient (Wildman–Crippen LogP) is 1.29. The molecule has 1 rings (SSSR count). The highest BCUT2D eigenvalue weighted by atomic mass is 79.9. The number of hydrogen-bond acceptors (Lipinski definition) is 1. The van der Waals surface area contributed by atoms with Crippen LogP contribution in [0.5, 0.6) is 0 Å². The third-order valence-corrected chi connectivity index (χ3v) is 2.28. The lowest BCUT2D eigenvalue weighted by atomic mass is 10.4. The fraction of sp³-hybridized carbons (Fsp3) is 1.00. The lowest BCUT2D eigenvalue weighted by molar-refractivity contribution is 0.918. The Morgan fingerprint density at radius 2 is 2.00 bits per heavy atom. The summed E-state index contributed by atoms with van der Waals surface area (Å²) in [5.41, 5.74) is 5.32. The van der Waals surface area contributed by atoms with Gasteiger partial charge in [0.1, 0.15) is 0 Å². The van der Waals surface area contributed by atoms with E-state index in [0.29, 0.717) is 4.32 Å². The lowest BCUT2D eigenvalue weighted by Crippen LogP contribution is -2.13. The standard InChI is InChI=1S/C4H8BrN.ClH/c5-4(3-6)1-2-4;/h1-3,6H2;1H. The first kappa shape index (κ1) is 7.73. The van der Waals surface area contributed by atoms with Crippen LogP contribution in [-0.2, 0) is 0 Å². The highest BCUT2D eigenvalue weighted by Gasteiger charge is 2.37. The molecule has 0 aromatic heterocycles. The van der Waals surface area contributed by atoms with Gasteiger partial charge in [-0.15, -0.1) is 12.4 Å². The van der Waals surface area contributed by atoms with Crippen molar-refractivity contribution in [2.24, 2.45) is 5.73 Å². The molecular formula is C4H9BrClN. The molecule has 44 valence electrons. The number of hydrogen-bond donors (Lipinski definition) is 1. The molecule has 0 spiro atoms. The molecule has 1 aliphatic rings. The molecule has 0 unspecified atom stereocenters. The van der Waals surface area contributed by atoms with Gasteiger partial charge in [0, 0.05) is 10.9 Å². The topological polar surface area (TPSA) is 26.0 Å². The van der Waals surface area contributed by atoms with E-state index in [9.17, 15) is 0 Å². The van der Waals surface area contributed by atoms with Crippen molar-refractivity contribution in [2.45, 2.75) is 17.2 Å². The molecular weight excluding hydrogens is 177 g/mol. The molecule has 7 heavy (non-hydrogen) atoms. The number of halogens is 2. The Labute approximate surface area is 58.2 Å². The summed E-state index contributed by atoms with van der Waals surface area (Å²) in [4.78, 5) is 0. The minimum absolute atomic E-state index is 0. The molecule has 1 saturated carbocycles. The van der Waals surface area contributed by atoms with E-state index < -0.39 is 0 Å². The van der Waals surface area contributed by atoms with Crippen molar-refractivity contribution in [1.82, 2.24) is 0 Å². The molecule has 0 aliphatic heterocycles. The molecule has 2 N–H and O–H groups in total. The van der Waals surface area contributed by atoms with Crippen LogP contribution in [0.25, 0.3) is 0 Å². The number of rotatable bonds is 1. The van der Waals surface area contributed by atoms with Crippen LogP contribution in [0.1, 0.15) is 12.8 Å². The second-order valence-electron chi connectivity index (χ2n) is 1.86. The Morgan fingerprint density at radius 1 is 1.57 bits per heavy atom. The summed E-state index contributed by atoms with van der Waals surface area (Å²) in [6.07, 6.45) is 2.53. The maximum atomic E-state index is 5.32. The van der Waals surface area contributed by atoms with Crippen LogP contribution >= 0.6 is 28.3 Å². The molecule has 1 nitrogen and oxygen atoms in total. The van der Waals surface area contributed by atoms with Crippen LogP contribution in [0, 0.1) is 0 Å². The fourth-order valence-corrected chi connectivity index (χ4v) is 0.538. The van der Waals surface area contributed by atoms with E-state index in [2.05, 4.69) is 15.9 Å². The minimum Gasteiger partial charge on any atom is -0.329 e. The van der Waals surface area contributed by atoms with Crippen molar-refractivity contribution in [3.8, 4) is 0 Å². The Hall–Kier alpha value is 0.730. The van der Waals surface area contributed by atoms with Crippen molar-refractivity contribution in [1.29, 1.82) is 0 Å². The first-order valence-corrected chi connectivity index (χ1v) is 2.95. The predicted molar refractivity (Wildman–Crippen MR) is 37.2 cm³/mol. The Balaban J connectivity index is 0.000000360. The van der Waals surface area contributed by atoms with E-state index in [1.807, 2.05) is 0 Å². The quantitative estimate of drug-likeness (QED) is 0.614. The van der Waals surface area contributed by atoms with Crippen LogP contribution in [0.2, 0.25) is 0 Å². The molecule has 0 amide bonds. The third-order valence-electron chi connectivity index (χ3n) is 1.16. The van der Waals surface area contributed by atoms with Crippen LogP contribution in [-0.4, -0.2) is 10.9 Å². The van der Waals surface area contributed by atoms with Crippen molar-refractivity contribution in [3.05, 3.63) is 0 Å². The average molecular weight is 186 g/mol. The van der Waals surface area contributed by atoms with Gasteiger partial charge in [0.25, 0.3) is 0 Å². The van der Waals surface area contributed by atoms with E-state index in [4.69, 9.17) is 5.73 Å². The zero-order chi connectivity index (χ0) is 4.62. The Bertz CT molecular complexity index is 62.7. The monoisotopic (exact) mass is 185 g/mol. The maximum absolute atomic E-state index is 5.32. The SMILES string of the molecule is Cl.NCC1(Br)CC1. The summed E-state index contributed by atoms with van der Waals surface area (Å²) in [7, 11) is 0. The smallest absolute Gasteiger partial charge is 0.0381 e. The van der Waals surface area contributed by atoms with Gasteiger partial charge in [-0.05, 0) is 12.8 Å². The zero-order valence-electron chi connectivity index (χ0n) is 3.98. The fourth-order valence-electron chi connectivity index (χ4n) is 0.340. The average Bonchev–Trinajstić information content (AvgIpc) is 2.22. The summed E-state index contributed by atoms with van der Waals surface area (Å²) in [5, 5.41) is 0. The molecule has 1 fully saturated rings. The van der Waals surface area contributed by atoms with Crippen LogP contribution in [0.3, 0.4) is 0 Å². The zero-order valence-corrected chi connectivity index (χ0v) is 6.39. The molecule has 0 bridgehead atoms. The lowest BCUT2D eigenvalue weighted by Gasteiger charge is -1.94. The second kappa shape index (κ2) is 2.33. The highest BCUT2D eigenvalue weighted by Crippen LogP contribution is 2.42. The van der Waals surface area contributed by atoms with Gasteiger partial charge in [-0.3, -0.25) is 0 Å². The summed E-state index contributed by atoms with van der Waals surface area (Å²) < 4.78 is 0.382. The van der Waals surface area contributed by atoms with Crippen molar-refractivity contribution in [2.75, 3.05) is 6.54 Å². The van der Waals surface area contributed by atoms with Gasteiger partial charge in [-0.2, -0.15) is 0 Å². The first-order valence-electron chi connectivity index (χ1n) is 2.16. The van der Waals surface area contributed by atoms with Gasteiger partial charge in [-0.1, -0.05) is 15.9 Å². The van der Waals surface area contributed by atoms with Gasteiger partial charge in [0.2, 0.25) is 0 Å². The number of nitrogens with two attached hydrogens (primary N) is 1. The molecule has 0 saturated heterocycles. The summed E-state index contributed by atoms with van der Waals surface area (Å²) in [5.74, 6) is 0. The van der Waals surface area contributed by atoms with E-state index in [0.717, 1.165) is 6.54 Å². The van der Waals surface area contributed by atoms with Crippen molar-refractivity contribution < 1.29 is 0 Å². The molecule has 0 aromatic rings. The third kappa shape index (κ3) is 1.98. The van der Waals surface area contributed by atoms with Gasteiger partial charge in [-0.25, -0.2) is 0 Å². The first-order chi connectivity index (χ1) is 2.77. The van der Waals surface area contributed by atoms with Gasteiger partial charge >= 0.3 is 0 Å². The normalized spacial score (nSPS) is 23.1.